The van der Waals surface area contributed by atoms with Crippen molar-refractivity contribution in [2.75, 3.05) is 5.75 Å². The molecule has 10 aromatic rings. The number of ether oxygens (including phenoxy) is 4. The van der Waals surface area contributed by atoms with Gasteiger partial charge in [0.2, 0.25) is 0 Å². The van der Waals surface area contributed by atoms with Crippen LogP contribution in [-0.2, 0) is 112 Å². The maximum atomic E-state index is 16.2. The molecule has 0 aliphatic heterocycles. The van der Waals surface area contributed by atoms with Gasteiger partial charge >= 0.3 is 10.1 Å². The molecule has 1 N–H and O–H groups in total. The Balaban J connectivity index is 1.17. The number of Topliss-reactive ketones (excluding diaryl/α,β-unsaturated/α-hetero) is 1. The highest BCUT2D eigenvalue weighted by Crippen LogP contribution is 2.64. The lowest BCUT2D eigenvalue weighted by molar-refractivity contribution is -0.128. The van der Waals surface area contributed by atoms with Gasteiger partial charge in [-0.15, -0.1) is 0 Å². The summed E-state index contributed by atoms with van der Waals surface area (Å²) in [5, 5.41) is 13.7. The molecule has 0 radical (unpaired) electrons. The van der Waals surface area contributed by atoms with Gasteiger partial charge in [0.15, 0.2) is 0 Å². The number of aromatic hydroxyl groups is 1. The van der Waals surface area contributed by atoms with Crippen molar-refractivity contribution in [3.8, 4) is 34.5 Å². The minimum atomic E-state index is -4.59. The van der Waals surface area contributed by atoms with Gasteiger partial charge in [-0.3, -0.25) is 4.79 Å². The molecule has 118 heavy (non-hydrogen) atoms. The fourth-order valence-electron chi connectivity index (χ4n) is 17.7. The van der Waals surface area contributed by atoms with Crippen molar-refractivity contribution < 1.29 is 41.4 Å². The Hall–Kier alpha value is -9.38. The van der Waals surface area contributed by atoms with Crippen molar-refractivity contribution in [1.29, 1.82) is 0 Å². The molecular weight excluding hydrogens is 1470 g/mol. The summed E-state index contributed by atoms with van der Waals surface area (Å²) < 4.78 is 69.9. The van der Waals surface area contributed by atoms with Gasteiger partial charge < -0.3 is 28.2 Å². The summed E-state index contributed by atoms with van der Waals surface area (Å²) in [6, 6.07) is 61.4. The molecule has 622 valence electrons. The lowest BCUT2D eigenvalue weighted by Crippen LogP contribution is -2.43. The maximum Gasteiger partial charge on any atom is 0.310 e. The zero-order valence-electron chi connectivity index (χ0n) is 75.3. The van der Waals surface area contributed by atoms with E-state index in [9.17, 15) is 9.90 Å². The third kappa shape index (κ3) is 19.2. The van der Waals surface area contributed by atoms with Crippen molar-refractivity contribution in [2.24, 2.45) is 16.7 Å². The van der Waals surface area contributed by atoms with E-state index in [2.05, 4.69) is 336 Å². The largest absolute Gasteiger partial charge is 0.507 e. The average molecular weight is 1600 g/mol. The highest BCUT2D eigenvalue weighted by Gasteiger charge is 2.66. The number of ketones is 1. The number of rotatable bonds is 16. The van der Waals surface area contributed by atoms with Gasteiger partial charge in [-0.25, -0.2) is 0 Å². The van der Waals surface area contributed by atoms with Crippen molar-refractivity contribution in [1.82, 2.24) is 0 Å². The molecule has 0 heterocycles. The van der Waals surface area contributed by atoms with Crippen molar-refractivity contribution in [3.05, 3.63) is 315 Å². The molecule has 0 amide bonds. The zero-order chi connectivity index (χ0) is 85.4. The van der Waals surface area contributed by atoms with Gasteiger partial charge in [0.1, 0.15) is 66.7 Å². The first-order valence-corrected chi connectivity index (χ1v) is 44.5. The van der Waals surface area contributed by atoms with E-state index in [1.54, 1.807) is 0 Å². The maximum absolute atomic E-state index is 16.2. The van der Waals surface area contributed by atoms with Crippen LogP contribution in [0.25, 0.3) is 0 Å². The minimum Gasteiger partial charge on any atom is -0.507 e. The first-order valence-electron chi connectivity index (χ1n) is 42.9. The molecule has 3 aliphatic carbocycles. The number of aryl methyl sites for hydroxylation is 4. The Morgan fingerprint density at radius 3 is 0.754 bits per heavy atom. The summed E-state index contributed by atoms with van der Waals surface area (Å²) in [4.78, 5) is 14.7. The standard InChI is InChI=1S/C108H130O9S/c1-67-25-33-71(34-26-67)62-113-96-77-43-75-49-88(101(5,6)7)50-76(95(75)110)44-78-52-90(103(11,12)13)54-80(97(78)114-63-72-35-27-68(2)28-36-72)46-82-56-92(105(17,18)19)58-84(99(82)116-65-74-39-31-70(4)32-40-74)48-86-60-93(106(20,21)22)59-85(100(86)117-118(111,112)66-108-42-41-87(61-94(108)109)107(108,23)24)47-83-57-91(104(14,15)16)55-81(45-79(96)53-89(51-77)102(8,9)10)98(83)115-64-73-37-29-69(3)30-38-73/h25-40,49-60,87,110H,41-48,61-66H2,1-24H3. The summed E-state index contributed by atoms with van der Waals surface area (Å²) in [6.07, 6.45) is 3.40. The number of carbonyl (C=O) groups excluding carboxylic acids is 1. The average Bonchev–Trinajstić information content (AvgIpc) is 1.54. The topological polar surface area (TPSA) is 118 Å². The molecule has 10 heteroatoms. The summed E-state index contributed by atoms with van der Waals surface area (Å²) in [6.45, 7) is 54.1. The van der Waals surface area contributed by atoms with Gasteiger partial charge in [0, 0.05) is 56.1 Å². The molecule has 10 aromatic carbocycles. The summed E-state index contributed by atoms with van der Waals surface area (Å²) in [7, 11) is -4.59. The predicted octanol–water partition coefficient (Wildman–Crippen LogP) is 25.7. The number of phenolic OH excluding ortho intramolecular Hbond substituents is 1. The van der Waals surface area contributed by atoms with E-state index in [4.69, 9.17) is 23.1 Å². The molecule has 3 aliphatic rings. The smallest absolute Gasteiger partial charge is 0.310 e. The number of carbonyl (C=O) groups is 1. The van der Waals surface area contributed by atoms with Crippen LogP contribution in [0.3, 0.4) is 0 Å². The van der Waals surface area contributed by atoms with Gasteiger partial charge in [0.25, 0.3) is 0 Å². The van der Waals surface area contributed by atoms with Gasteiger partial charge in [-0.1, -0.05) is 331 Å². The Morgan fingerprint density at radius 1 is 0.339 bits per heavy atom. The number of hydrogen-bond donors (Lipinski definition) is 1. The van der Waals surface area contributed by atoms with Crippen LogP contribution in [0.1, 0.15) is 302 Å². The van der Waals surface area contributed by atoms with Crippen LogP contribution < -0.4 is 23.1 Å². The Labute approximate surface area is 707 Å². The normalized spacial score (nSPS) is 16.6. The third-order valence-electron chi connectivity index (χ3n) is 25.8. The van der Waals surface area contributed by atoms with Gasteiger partial charge in [-0.05, 0) is 196 Å². The lowest BCUT2D eigenvalue weighted by Gasteiger charge is -2.36. The molecule has 13 rings (SSSR count). The van der Waals surface area contributed by atoms with Crippen LogP contribution in [0.15, 0.2) is 170 Å². The molecule has 0 saturated heterocycles. The van der Waals surface area contributed by atoms with Crippen LogP contribution in [-0.4, -0.2) is 25.1 Å². The van der Waals surface area contributed by atoms with Gasteiger partial charge in [0.05, 0.1) is 11.2 Å². The second kappa shape index (κ2) is 32.6. The van der Waals surface area contributed by atoms with Gasteiger partial charge in [-0.2, -0.15) is 8.42 Å². The fourth-order valence-corrected chi connectivity index (χ4v) is 19.5. The lowest BCUT2D eigenvalue weighted by atomic mass is 9.70. The van der Waals surface area contributed by atoms with Crippen LogP contribution in [0.4, 0.5) is 0 Å². The first kappa shape index (κ1) is 86.5. The van der Waals surface area contributed by atoms with E-state index in [1.807, 2.05) is 0 Å². The van der Waals surface area contributed by atoms with Crippen molar-refractivity contribution >= 4 is 15.9 Å². The molecule has 2 unspecified atom stereocenters. The van der Waals surface area contributed by atoms with E-state index in [-0.39, 0.29) is 78.7 Å². The molecule has 2 atom stereocenters. The van der Waals surface area contributed by atoms with E-state index in [0.717, 1.165) is 151 Å². The van der Waals surface area contributed by atoms with Crippen LogP contribution in [0.2, 0.25) is 0 Å². The second-order valence-corrected chi connectivity index (χ2v) is 43.4. The SMILES string of the molecule is Cc1ccc(COc2c3cc(C(C)(C)C)cc2Cc2cc(C(C)(C)C)cc(c2OCc2ccc(C)cc2)Cc2cc(C(C)(C)C)cc(c2OS(=O)(=O)CC24CCC(CC2=O)C4(C)C)Cc2cc(C(C)(C)C)cc(c2OCc2ccc(C)cc2)Cc2cc(C(C)(C)C)cc(c2OCc2ccc(C)cc2)Cc2cc(C(C)(C)C)cc(c2O)C3)cc1. The highest BCUT2D eigenvalue weighted by molar-refractivity contribution is 7.87. The van der Waals surface area contributed by atoms with Crippen molar-refractivity contribution in [2.45, 2.75) is 283 Å². The monoisotopic (exact) mass is 1600 g/mol. The van der Waals surface area contributed by atoms with E-state index >= 15 is 8.42 Å². The molecule has 2 fully saturated rings. The van der Waals surface area contributed by atoms with Crippen LogP contribution >= 0.6 is 0 Å². The molecule has 0 aromatic heterocycles. The number of benzene rings is 10. The molecule has 9 nitrogen and oxygen atoms in total. The highest BCUT2D eigenvalue weighted by atomic mass is 32.2. The van der Waals surface area contributed by atoms with E-state index in [1.165, 1.54) is 0 Å². The molecular formula is C108H130O9S. The second-order valence-electron chi connectivity index (χ2n) is 41.9. The van der Waals surface area contributed by atoms with Crippen LogP contribution in [0, 0.1) is 44.4 Å². The van der Waals surface area contributed by atoms with E-state index < -0.39 is 42.9 Å². The fraction of sp³-hybridized carbons (Fsp3) is 0.435. The molecule has 14 bridgehead atoms. The van der Waals surface area contributed by atoms with Crippen LogP contribution in [0.5, 0.6) is 34.5 Å². The number of hydrogen-bond acceptors (Lipinski definition) is 9. The summed E-state index contributed by atoms with van der Waals surface area (Å²) in [5.41, 5.74) is 21.3. The molecule has 2 saturated carbocycles. The zero-order valence-corrected chi connectivity index (χ0v) is 76.1. The molecule has 0 spiro atoms. The minimum absolute atomic E-state index is 0.000167. The van der Waals surface area contributed by atoms with E-state index in [0.29, 0.717) is 61.2 Å². The Bertz CT molecular complexity index is 5240. The Kier molecular flexibility index (Phi) is 23.9. The Morgan fingerprint density at radius 2 is 0.551 bits per heavy atom. The quantitative estimate of drug-likeness (QED) is 0.0944. The number of fused-ring (bicyclic) bond motifs is 14. The van der Waals surface area contributed by atoms with Crippen molar-refractivity contribution in [3.63, 3.8) is 0 Å². The summed E-state index contributed by atoms with van der Waals surface area (Å²) >= 11 is 0. The predicted molar refractivity (Wildman–Crippen MR) is 484 cm³/mol. The number of phenols is 1. The first-order chi connectivity index (χ1) is 55.1. The third-order valence-corrected chi connectivity index (χ3v) is 27.0. The summed E-state index contributed by atoms with van der Waals surface area (Å²) in [5.74, 6) is 2.90.